The molecular formula is C22H22FN9O2. The standard InChI is InChI=1S/C22H22FN9O2/c1-21-8-32(7-14(21)22(21,25)19(24)33)18-15-12-3-10(23)4-13(26-2)16(12)29-17(15)30-20(31-18)34-11-5-27-9-28-6-11/h3-6,9,14,26H,7-8,25H2,1-2H3,(H2,24,33)(H,29,30,31)/t14-,21?,22+/m1/s1. The Kier molecular flexibility index (Phi) is 4.07. The molecule has 4 heterocycles. The normalized spacial score (nSPS) is 25.5. The number of halogens is 1. The number of amides is 1. The average molecular weight is 463 g/mol. The Morgan fingerprint density at radius 3 is 2.74 bits per heavy atom. The van der Waals surface area contributed by atoms with Gasteiger partial charge < -0.3 is 31.4 Å². The molecule has 11 nitrogen and oxygen atoms in total. The molecular weight excluding hydrogens is 441 g/mol. The van der Waals surface area contributed by atoms with Gasteiger partial charge in [0, 0.05) is 36.9 Å². The summed E-state index contributed by atoms with van der Waals surface area (Å²) in [4.78, 5) is 34.4. The van der Waals surface area contributed by atoms with Gasteiger partial charge >= 0.3 is 6.01 Å². The van der Waals surface area contributed by atoms with Crippen LogP contribution >= 0.6 is 0 Å². The van der Waals surface area contributed by atoms with Gasteiger partial charge in [-0.05, 0) is 12.1 Å². The van der Waals surface area contributed by atoms with E-state index in [0.29, 0.717) is 52.3 Å². The number of hydrogen-bond donors (Lipinski definition) is 4. The molecule has 2 fully saturated rings. The highest BCUT2D eigenvalue weighted by atomic mass is 19.1. The van der Waals surface area contributed by atoms with Gasteiger partial charge in [0.15, 0.2) is 5.75 Å². The molecule has 6 rings (SSSR count). The van der Waals surface area contributed by atoms with E-state index in [1.54, 1.807) is 7.05 Å². The molecule has 1 aliphatic heterocycles. The third-order valence-electron chi connectivity index (χ3n) is 7.31. The molecule has 2 aliphatic rings. The first-order chi connectivity index (χ1) is 16.3. The summed E-state index contributed by atoms with van der Waals surface area (Å²) in [6, 6.07) is 2.93. The van der Waals surface area contributed by atoms with Crippen molar-refractivity contribution in [2.45, 2.75) is 12.5 Å². The fourth-order valence-electron chi connectivity index (χ4n) is 5.43. The van der Waals surface area contributed by atoms with Crippen LogP contribution in [0.15, 0.2) is 30.9 Å². The minimum atomic E-state index is -1.05. The molecule has 1 amide bonds. The summed E-state index contributed by atoms with van der Waals surface area (Å²) < 4.78 is 20.3. The molecule has 3 atom stereocenters. The molecule has 0 bridgehead atoms. The summed E-state index contributed by atoms with van der Waals surface area (Å²) in [5.41, 5.74) is 12.2. The number of piperidine rings is 1. The minimum absolute atomic E-state index is 0.0787. The van der Waals surface area contributed by atoms with Crippen molar-refractivity contribution in [3.8, 4) is 11.8 Å². The third-order valence-corrected chi connectivity index (χ3v) is 7.31. The van der Waals surface area contributed by atoms with E-state index in [4.69, 9.17) is 16.2 Å². The number of hydrogen-bond acceptors (Lipinski definition) is 9. The molecule has 174 valence electrons. The Bertz CT molecular complexity index is 1480. The number of anilines is 2. The zero-order valence-electron chi connectivity index (χ0n) is 18.5. The van der Waals surface area contributed by atoms with Gasteiger partial charge in [0.1, 0.15) is 29.1 Å². The van der Waals surface area contributed by atoms with Crippen LogP contribution in [0.5, 0.6) is 11.8 Å². The summed E-state index contributed by atoms with van der Waals surface area (Å²) in [5, 5.41) is 4.29. The highest BCUT2D eigenvalue weighted by molar-refractivity contribution is 6.14. The van der Waals surface area contributed by atoms with Gasteiger partial charge in [-0.2, -0.15) is 9.97 Å². The molecule has 3 aromatic heterocycles. The number of fused-ring (bicyclic) bond motifs is 4. The number of H-pyrrole nitrogens is 1. The number of aromatic nitrogens is 5. The number of aromatic amines is 1. The summed E-state index contributed by atoms with van der Waals surface area (Å²) in [6.07, 6.45) is 4.39. The number of primary amides is 1. The summed E-state index contributed by atoms with van der Waals surface area (Å²) in [6.45, 7) is 2.88. The Morgan fingerprint density at radius 1 is 1.32 bits per heavy atom. The van der Waals surface area contributed by atoms with Crippen molar-refractivity contribution in [2.75, 3.05) is 30.4 Å². The Hall–Kier alpha value is -4.06. The topological polar surface area (TPSA) is 161 Å². The molecule has 6 N–H and O–H groups in total. The Morgan fingerprint density at radius 2 is 2.09 bits per heavy atom. The maximum absolute atomic E-state index is 14.5. The lowest BCUT2D eigenvalue weighted by molar-refractivity contribution is -0.121. The predicted molar refractivity (Wildman–Crippen MR) is 123 cm³/mol. The summed E-state index contributed by atoms with van der Waals surface area (Å²) in [7, 11) is 1.72. The SMILES string of the molecule is CNc1cc(F)cc2c1[nH]c1nc(Oc3cncnc3)nc(N3C[C@@H]4C(C)(C3)[C@@]4(N)C(N)=O)c12. The molecule has 1 saturated heterocycles. The molecule has 1 aromatic carbocycles. The van der Waals surface area contributed by atoms with E-state index < -0.39 is 22.7 Å². The van der Waals surface area contributed by atoms with Gasteiger partial charge in [0.05, 0.1) is 29.0 Å². The summed E-state index contributed by atoms with van der Waals surface area (Å²) >= 11 is 0. The van der Waals surface area contributed by atoms with E-state index in [1.807, 2.05) is 11.8 Å². The van der Waals surface area contributed by atoms with Crippen molar-refractivity contribution in [3.63, 3.8) is 0 Å². The van der Waals surface area contributed by atoms with Gasteiger partial charge in [-0.15, -0.1) is 0 Å². The molecule has 12 heteroatoms. The third kappa shape index (κ3) is 2.62. The van der Waals surface area contributed by atoms with E-state index in [1.165, 1.54) is 30.9 Å². The monoisotopic (exact) mass is 463 g/mol. The van der Waals surface area contributed by atoms with Crippen LogP contribution in [0.2, 0.25) is 0 Å². The lowest BCUT2D eigenvalue weighted by atomic mass is 10.0. The lowest BCUT2D eigenvalue weighted by Gasteiger charge is -2.27. The van der Waals surface area contributed by atoms with Gasteiger partial charge in [-0.1, -0.05) is 6.92 Å². The van der Waals surface area contributed by atoms with E-state index in [2.05, 4.69) is 30.2 Å². The van der Waals surface area contributed by atoms with Crippen molar-refractivity contribution in [3.05, 3.63) is 36.7 Å². The van der Waals surface area contributed by atoms with Crippen molar-refractivity contribution in [1.29, 1.82) is 0 Å². The number of benzene rings is 1. The molecule has 1 aliphatic carbocycles. The maximum Gasteiger partial charge on any atom is 0.326 e. The van der Waals surface area contributed by atoms with E-state index in [0.717, 1.165) is 0 Å². The van der Waals surface area contributed by atoms with Crippen molar-refractivity contribution >= 4 is 39.3 Å². The quantitative estimate of drug-likeness (QED) is 0.344. The van der Waals surface area contributed by atoms with Crippen LogP contribution in [0.3, 0.4) is 0 Å². The second-order valence-corrected chi connectivity index (χ2v) is 9.06. The zero-order chi connectivity index (χ0) is 23.8. The number of nitrogens with two attached hydrogens (primary N) is 2. The minimum Gasteiger partial charge on any atom is -0.421 e. The summed E-state index contributed by atoms with van der Waals surface area (Å²) in [5.74, 6) is -0.0955. The molecule has 34 heavy (non-hydrogen) atoms. The van der Waals surface area contributed by atoms with E-state index in [-0.39, 0.29) is 11.9 Å². The average Bonchev–Trinajstić information content (AvgIpc) is 3.13. The number of nitrogens with one attached hydrogen (secondary N) is 2. The first kappa shape index (κ1) is 20.5. The second-order valence-electron chi connectivity index (χ2n) is 9.06. The van der Waals surface area contributed by atoms with Crippen LogP contribution in [0.1, 0.15) is 6.92 Å². The smallest absolute Gasteiger partial charge is 0.326 e. The Labute approximate surface area is 192 Å². The van der Waals surface area contributed by atoms with E-state index >= 15 is 0 Å². The number of rotatable bonds is 5. The largest absolute Gasteiger partial charge is 0.421 e. The lowest BCUT2D eigenvalue weighted by Crippen LogP contribution is -2.50. The molecule has 0 spiro atoms. The highest BCUT2D eigenvalue weighted by Crippen LogP contribution is 2.65. The van der Waals surface area contributed by atoms with Crippen LogP contribution in [-0.2, 0) is 4.79 Å². The van der Waals surface area contributed by atoms with Crippen molar-refractivity contribution in [2.24, 2.45) is 22.8 Å². The molecule has 4 aromatic rings. The predicted octanol–water partition coefficient (Wildman–Crippen LogP) is 1.51. The fourth-order valence-corrected chi connectivity index (χ4v) is 5.43. The fraction of sp³-hybridized carbons (Fsp3) is 0.318. The number of ether oxygens (including phenoxy) is 1. The molecule has 0 radical (unpaired) electrons. The van der Waals surface area contributed by atoms with Gasteiger partial charge in [0.2, 0.25) is 5.91 Å². The molecule has 1 saturated carbocycles. The zero-order valence-corrected chi connectivity index (χ0v) is 18.5. The van der Waals surface area contributed by atoms with Crippen LogP contribution < -0.4 is 26.4 Å². The van der Waals surface area contributed by atoms with Gasteiger partial charge in [-0.3, -0.25) is 4.79 Å². The highest BCUT2D eigenvalue weighted by Gasteiger charge is 2.78. The van der Waals surface area contributed by atoms with E-state index in [9.17, 15) is 9.18 Å². The molecule has 1 unspecified atom stereocenters. The number of carbonyl (C=O) groups excluding carboxylic acids is 1. The van der Waals surface area contributed by atoms with Gasteiger partial charge in [0.25, 0.3) is 0 Å². The van der Waals surface area contributed by atoms with Gasteiger partial charge in [-0.25, -0.2) is 14.4 Å². The number of nitrogens with zero attached hydrogens (tertiary/aromatic N) is 5. The van der Waals surface area contributed by atoms with Crippen molar-refractivity contribution < 1.29 is 13.9 Å². The van der Waals surface area contributed by atoms with Crippen molar-refractivity contribution in [1.82, 2.24) is 24.9 Å². The van der Waals surface area contributed by atoms with Crippen LogP contribution in [0.4, 0.5) is 15.9 Å². The Balaban J connectivity index is 1.52. The first-order valence-electron chi connectivity index (χ1n) is 10.7. The number of carbonyl (C=O) groups is 1. The first-order valence-corrected chi connectivity index (χ1v) is 10.7. The second kappa shape index (κ2) is 6.73. The van der Waals surface area contributed by atoms with Crippen LogP contribution in [0.25, 0.3) is 21.9 Å². The van der Waals surface area contributed by atoms with Crippen LogP contribution in [-0.4, -0.2) is 56.5 Å². The van der Waals surface area contributed by atoms with Crippen LogP contribution in [0, 0.1) is 17.2 Å². The maximum atomic E-state index is 14.5.